The molecule has 0 aliphatic rings. The molecule has 0 bridgehead atoms. The van der Waals surface area contributed by atoms with Crippen molar-refractivity contribution in [2.24, 2.45) is 0 Å². The summed E-state index contributed by atoms with van der Waals surface area (Å²) in [7, 11) is 0. The van der Waals surface area contributed by atoms with Gasteiger partial charge in [0.2, 0.25) is 0 Å². The fourth-order valence-electron chi connectivity index (χ4n) is 9.42. The largest absolute Gasteiger partial charge is 0.456 e. The molecule has 0 N–H and O–H groups in total. The van der Waals surface area contributed by atoms with Crippen molar-refractivity contribution in [3.05, 3.63) is 224 Å². The average Bonchev–Trinajstić information content (AvgIpc) is 3.71. The minimum Gasteiger partial charge on any atom is -0.456 e. The number of hydrogen-bond acceptors (Lipinski definition) is 2. The zero-order valence-electron chi connectivity index (χ0n) is 32.7. The lowest BCUT2D eigenvalue weighted by Crippen LogP contribution is -2.09. The van der Waals surface area contributed by atoms with Gasteiger partial charge in [0.25, 0.3) is 0 Å². The van der Waals surface area contributed by atoms with Gasteiger partial charge < -0.3 is 9.32 Å². The lowest BCUT2D eigenvalue weighted by Gasteiger charge is -2.26. The molecule has 0 spiro atoms. The fourth-order valence-corrected chi connectivity index (χ4v) is 9.42. The van der Waals surface area contributed by atoms with Gasteiger partial charge in [-0.15, -0.1) is 0 Å². The van der Waals surface area contributed by atoms with E-state index in [0.29, 0.717) is 0 Å². The van der Waals surface area contributed by atoms with E-state index in [2.05, 4.69) is 217 Å². The van der Waals surface area contributed by atoms with Gasteiger partial charge in [0.1, 0.15) is 11.2 Å². The summed E-state index contributed by atoms with van der Waals surface area (Å²) in [6.07, 6.45) is 0. The van der Waals surface area contributed by atoms with Gasteiger partial charge in [-0.1, -0.05) is 164 Å². The Balaban J connectivity index is 0.980. The van der Waals surface area contributed by atoms with E-state index in [1.807, 2.05) is 12.1 Å². The predicted molar refractivity (Wildman–Crippen MR) is 255 cm³/mol. The van der Waals surface area contributed by atoms with Crippen LogP contribution in [0.25, 0.3) is 98.4 Å². The van der Waals surface area contributed by atoms with Crippen LogP contribution in [0.5, 0.6) is 0 Å². The van der Waals surface area contributed by atoms with E-state index >= 15 is 0 Å². The Morgan fingerprint density at radius 1 is 0.267 bits per heavy atom. The molecule has 0 radical (unpaired) electrons. The van der Waals surface area contributed by atoms with Crippen LogP contribution >= 0.6 is 0 Å². The first-order chi connectivity index (χ1) is 29.7. The van der Waals surface area contributed by atoms with E-state index in [-0.39, 0.29) is 0 Å². The van der Waals surface area contributed by atoms with Crippen molar-refractivity contribution >= 4 is 82.1 Å². The summed E-state index contributed by atoms with van der Waals surface area (Å²) in [4.78, 5) is 2.36. The highest BCUT2D eigenvalue weighted by Crippen LogP contribution is 2.42. The third kappa shape index (κ3) is 5.57. The second-order valence-electron chi connectivity index (χ2n) is 15.6. The second-order valence-corrected chi connectivity index (χ2v) is 15.6. The highest BCUT2D eigenvalue weighted by atomic mass is 16.3. The Morgan fingerprint density at radius 3 is 1.15 bits per heavy atom. The molecule has 0 saturated carbocycles. The van der Waals surface area contributed by atoms with Crippen molar-refractivity contribution in [2.75, 3.05) is 4.90 Å². The summed E-state index contributed by atoms with van der Waals surface area (Å²) in [5.74, 6) is 0. The topological polar surface area (TPSA) is 16.4 Å². The molecule has 1 aromatic heterocycles. The summed E-state index contributed by atoms with van der Waals surface area (Å²) >= 11 is 0. The van der Waals surface area contributed by atoms with Crippen LogP contribution in [0.4, 0.5) is 17.1 Å². The summed E-state index contributed by atoms with van der Waals surface area (Å²) in [5, 5.41) is 12.4. The molecule has 2 nitrogen and oxygen atoms in total. The van der Waals surface area contributed by atoms with Gasteiger partial charge in [0.15, 0.2) is 0 Å². The van der Waals surface area contributed by atoms with Gasteiger partial charge in [-0.2, -0.15) is 0 Å². The first kappa shape index (κ1) is 34.1. The Labute approximate surface area is 347 Å². The smallest absolute Gasteiger partial charge is 0.136 e. The third-order valence-electron chi connectivity index (χ3n) is 12.2. The Morgan fingerprint density at radius 2 is 0.650 bits per heavy atom. The normalized spacial score (nSPS) is 11.7. The molecule has 0 atom stereocenters. The van der Waals surface area contributed by atoms with Gasteiger partial charge in [0, 0.05) is 27.8 Å². The number of nitrogens with zero attached hydrogens (tertiary/aromatic N) is 1. The Hall–Kier alpha value is -7.94. The second kappa shape index (κ2) is 13.9. The van der Waals surface area contributed by atoms with Crippen LogP contribution in [0.2, 0.25) is 0 Å². The van der Waals surface area contributed by atoms with Crippen LogP contribution in [-0.4, -0.2) is 0 Å². The number of hydrogen-bond donors (Lipinski definition) is 0. The molecule has 0 saturated heterocycles. The number of fused-ring (bicyclic) bond motifs is 9. The van der Waals surface area contributed by atoms with E-state index in [0.717, 1.165) is 50.1 Å². The van der Waals surface area contributed by atoms with Crippen LogP contribution in [0.1, 0.15) is 0 Å². The zero-order chi connectivity index (χ0) is 39.6. The highest BCUT2D eigenvalue weighted by Gasteiger charge is 2.17. The lowest BCUT2D eigenvalue weighted by atomic mass is 9.93. The summed E-state index contributed by atoms with van der Waals surface area (Å²) in [6.45, 7) is 0. The molecule has 11 aromatic carbocycles. The number of benzene rings is 11. The molecule has 1 heterocycles. The van der Waals surface area contributed by atoms with Crippen LogP contribution in [0, 0.1) is 0 Å². The maximum atomic E-state index is 6.26. The van der Waals surface area contributed by atoms with Crippen molar-refractivity contribution in [1.82, 2.24) is 0 Å². The van der Waals surface area contributed by atoms with Crippen molar-refractivity contribution in [2.45, 2.75) is 0 Å². The number of rotatable bonds is 6. The highest BCUT2D eigenvalue weighted by molar-refractivity contribution is 6.15. The first-order valence-corrected chi connectivity index (χ1v) is 20.6. The minimum atomic E-state index is 0.901. The van der Waals surface area contributed by atoms with E-state index in [1.165, 1.54) is 65.3 Å². The molecule has 0 unspecified atom stereocenters. The number of para-hydroxylation sites is 1. The lowest BCUT2D eigenvalue weighted by molar-refractivity contribution is 0.669. The molecule has 0 aliphatic heterocycles. The molecule has 0 fully saturated rings. The van der Waals surface area contributed by atoms with Crippen LogP contribution in [0.15, 0.2) is 229 Å². The van der Waals surface area contributed by atoms with Crippen LogP contribution in [0.3, 0.4) is 0 Å². The summed E-state index contributed by atoms with van der Waals surface area (Å²) < 4.78 is 6.26. The minimum absolute atomic E-state index is 0.901. The first-order valence-electron chi connectivity index (χ1n) is 20.6. The van der Waals surface area contributed by atoms with Gasteiger partial charge in [-0.05, 0) is 137 Å². The van der Waals surface area contributed by atoms with Crippen LogP contribution in [-0.2, 0) is 0 Å². The SMILES string of the molecule is c1ccc2c(c1)cc(-c1ccc(N(c3ccc(-c4cc5ccccc5c5ccccc45)cc3)c3ccc(-c4cccc5oc6ccccc6c45)cc3)cc1)c1ccccc12. The van der Waals surface area contributed by atoms with E-state index < -0.39 is 0 Å². The molecule has 0 amide bonds. The molecular weight excluding hydrogens is 727 g/mol. The summed E-state index contributed by atoms with van der Waals surface area (Å²) in [5.41, 5.74) is 12.2. The van der Waals surface area contributed by atoms with Crippen molar-refractivity contribution < 1.29 is 4.42 Å². The van der Waals surface area contributed by atoms with Gasteiger partial charge >= 0.3 is 0 Å². The van der Waals surface area contributed by atoms with E-state index in [9.17, 15) is 0 Å². The molecule has 2 heteroatoms. The van der Waals surface area contributed by atoms with Crippen molar-refractivity contribution in [3.8, 4) is 33.4 Å². The maximum Gasteiger partial charge on any atom is 0.136 e. The maximum absolute atomic E-state index is 6.26. The quantitative estimate of drug-likeness (QED) is 0.157. The molecule has 12 rings (SSSR count). The summed E-state index contributed by atoms with van der Waals surface area (Å²) in [6, 6.07) is 81.3. The van der Waals surface area contributed by atoms with Crippen molar-refractivity contribution in [1.29, 1.82) is 0 Å². The predicted octanol–water partition coefficient (Wildman–Crippen LogP) is 16.7. The molecule has 12 aromatic rings. The number of anilines is 3. The van der Waals surface area contributed by atoms with Crippen LogP contribution < -0.4 is 4.90 Å². The van der Waals surface area contributed by atoms with Gasteiger partial charge in [-0.25, -0.2) is 0 Å². The number of furan rings is 1. The standard InChI is InChI=1S/C58H37NO/c1-3-14-46-41(12-1)36-54(51-18-7-5-16-49(46)51)39-26-32-44(33-27-39)59(43-30-24-38(25-31-43)48-21-11-23-57-58(48)53-20-9-10-22-56(53)60-57)45-34-28-40(29-35-45)55-37-42-13-2-4-15-47(42)50-17-6-8-19-52(50)55/h1-37H. The average molecular weight is 764 g/mol. The Bertz CT molecular complexity index is 3420. The van der Waals surface area contributed by atoms with E-state index in [4.69, 9.17) is 4.42 Å². The molecule has 280 valence electrons. The molecular formula is C58H37NO. The molecule has 0 aliphatic carbocycles. The van der Waals surface area contributed by atoms with Gasteiger partial charge in [0.05, 0.1) is 0 Å². The van der Waals surface area contributed by atoms with Crippen molar-refractivity contribution in [3.63, 3.8) is 0 Å². The monoisotopic (exact) mass is 763 g/mol. The van der Waals surface area contributed by atoms with E-state index in [1.54, 1.807) is 0 Å². The Kier molecular flexibility index (Phi) is 7.89. The third-order valence-corrected chi connectivity index (χ3v) is 12.2. The molecule has 60 heavy (non-hydrogen) atoms. The fraction of sp³-hybridized carbons (Fsp3) is 0. The zero-order valence-corrected chi connectivity index (χ0v) is 32.7. The van der Waals surface area contributed by atoms with Gasteiger partial charge in [-0.3, -0.25) is 0 Å².